The molecule has 0 unspecified atom stereocenters. The minimum Gasteiger partial charge on any atom is -0.494 e. The highest BCUT2D eigenvalue weighted by Crippen LogP contribution is 2.34. The lowest BCUT2D eigenvalue weighted by atomic mass is 10.2. The van der Waals surface area contributed by atoms with Crippen molar-refractivity contribution in [1.29, 1.82) is 0 Å². The molecule has 0 aliphatic heterocycles. The van der Waals surface area contributed by atoms with Crippen molar-refractivity contribution in [3.63, 3.8) is 0 Å². The minimum atomic E-state index is -0.636. The van der Waals surface area contributed by atoms with Crippen LogP contribution in [0, 0.1) is 12.7 Å². The number of carbonyl (C=O) groups is 1. The third-order valence-electron chi connectivity index (χ3n) is 5.04. The number of nitrogens with zero attached hydrogens (tertiary/aromatic N) is 4. The number of hydrogen-bond acceptors (Lipinski definition) is 9. The van der Waals surface area contributed by atoms with E-state index < -0.39 is 11.8 Å². The summed E-state index contributed by atoms with van der Waals surface area (Å²) in [5.41, 5.74) is 1.76. The zero-order valence-corrected chi connectivity index (χ0v) is 19.1. The monoisotopic (exact) mass is 471 g/mol. The maximum Gasteiger partial charge on any atom is 0.353 e. The molecule has 3 heterocycles. The number of nitrogens with one attached hydrogen (secondary N) is 1. The van der Waals surface area contributed by atoms with Gasteiger partial charge in [0.15, 0.2) is 4.88 Å². The number of rotatable bonds is 8. The molecule has 9 nitrogen and oxygen atoms in total. The summed E-state index contributed by atoms with van der Waals surface area (Å²) in [5, 5.41) is 14.3. The molecule has 3 aromatic heterocycles. The fourth-order valence-electron chi connectivity index (χ4n) is 3.61. The molecule has 4 aromatic rings. The Morgan fingerprint density at radius 1 is 1.33 bits per heavy atom. The van der Waals surface area contributed by atoms with Crippen LogP contribution in [0.15, 0.2) is 30.6 Å². The summed E-state index contributed by atoms with van der Waals surface area (Å²) < 4.78 is 26.8. The maximum atomic E-state index is 14.5. The highest BCUT2D eigenvalue weighted by atomic mass is 32.1. The van der Waals surface area contributed by atoms with Gasteiger partial charge in [-0.25, -0.2) is 19.2 Å². The van der Waals surface area contributed by atoms with Gasteiger partial charge < -0.3 is 24.5 Å². The van der Waals surface area contributed by atoms with Crippen LogP contribution in [0.5, 0.6) is 11.6 Å². The summed E-state index contributed by atoms with van der Waals surface area (Å²) in [7, 11) is 1.57. The summed E-state index contributed by atoms with van der Waals surface area (Å²) >= 11 is 0.987. The number of methoxy groups -OCH3 is 1. The zero-order valence-electron chi connectivity index (χ0n) is 18.3. The number of aromatic hydroxyl groups is 1. The van der Waals surface area contributed by atoms with E-state index in [-0.39, 0.29) is 17.3 Å². The molecule has 11 heteroatoms. The Bertz CT molecular complexity index is 1320. The number of para-hydroxylation sites is 1. The Morgan fingerprint density at radius 2 is 2.15 bits per heavy atom. The number of benzene rings is 1. The SMILES string of the molecule is CCOC(=O)c1sc(-c2cc(NCCn3c(C)c(OC)c4cccc(F)c43)ncn2)nc1O. The molecule has 0 aliphatic carbocycles. The van der Waals surface area contributed by atoms with E-state index in [1.54, 1.807) is 26.2 Å². The lowest BCUT2D eigenvalue weighted by Gasteiger charge is -2.11. The van der Waals surface area contributed by atoms with Crippen LogP contribution in [-0.4, -0.2) is 50.9 Å². The number of esters is 1. The number of hydrogen-bond donors (Lipinski definition) is 2. The van der Waals surface area contributed by atoms with Gasteiger partial charge in [-0.15, -0.1) is 11.3 Å². The summed E-state index contributed by atoms with van der Waals surface area (Å²) in [4.78, 5) is 24.3. The molecule has 0 amide bonds. The Kier molecular flexibility index (Phi) is 6.40. The molecule has 0 saturated heterocycles. The van der Waals surface area contributed by atoms with Gasteiger partial charge in [0.2, 0.25) is 5.88 Å². The van der Waals surface area contributed by atoms with Gasteiger partial charge in [0.25, 0.3) is 0 Å². The van der Waals surface area contributed by atoms with Gasteiger partial charge in [-0.2, -0.15) is 4.98 Å². The van der Waals surface area contributed by atoms with Crippen LogP contribution in [0.1, 0.15) is 22.3 Å². The number of aromatic nitrogens is 4. The third kappa shape index (κ3) is 4.31. The van der Waals surface area contributed by atoms with Crippen molar-refractivity contribution in [2.75, 3.05) is 25.6 Å². The van der Waals surface area contributed by atoms with Gasteiger partial charge in [-0.1, -0.05) is 6.07 Å². The second kappa shape index (κ2) is 9.41. The molecule has 0 saturated carbocycles. The molecule has 0 aliphatic rings. The molecular weight excluding hydrogens is 449 g/mol. The van der Waals surface area contributed by atoms with E-state index in [0.29, 0.717) is 40.9 Å². The van der Waals surface area contributed by atoms with Crippen LogP contribution in [0.3, 0.4) is 0 Å². The Morgan fingerprint density at radius 3 is 2.91 bits per heavy atom. The van der Waals surface area contributed by atoms with Gasteiger partial charge in [0.1, 0.15) is 34.4 Å². The maximum absolute atomic E-state index is 14.5. The summed E-state index contributed by atoms with van der Waals surface area (Å²) in [5.74, 6) is -0.177. The van der Waals surface area contributed by atoms with Gasteiger partial charge in [-0.3, -0.25) is 0 Å². The summed E-state index contributed by atoms with van der Waals surface area (Å²) in [6.45, 7) is 4.69. The van der Waals surface area contributed by atoms with Crippen LogP contribution >= 0.6 is 11.3 Å². The third-order valence-corrected chi connectivity index (χ3v) is 6.08. The smallest absolute Gasteiger partial charge is 0.353 e. The van der Waals surface area contributed by atoms with Crippen LogP contribution < -0.4 is 10.1 Å². The number of ether oxygens (including phenoxy) is 2. The number of halogens is 1. The van der Waals surface area contributed by atoms with Crippen molar-refractivity contribution in [1.82, 2.24) is 19.5 Å². The van der Waals surface area contributed by atoms with Crippen molar-refractivity contribution in [2.45, 2.75) is 20.4 Å². The van der Waals surface area contributed by atoms with E-state index in [1.165, 1.54) is 12.4 Å². The van der Waals surface area contributed by atoms with Crippen LogP contribution in [0.25, 0.3) is 21.6 Å². The molecule has 1 aromatic carbocycles. The summed E-state index contributed by atoms with van der Waals surface area (Å²) in [6.07, 6.45) is 1.36. The van der Waals surface area contributed by atoms with Crippen molar-refractivity contribution >= 4 is 34.0 Å². The molecule has 0 radical (unpaired) electrons. The van der Waals surface area contributed by atoms with Gasteiger partial charge in [0, 0.05) is 24.5 Å². The minimum absolute atomic E-state index is 0.0194. The van der Waals surface area contributed by atoms with Gasteiger partial charge in [0.05, 0.1) is 24.9 Å². The predicted octanol–water partition coefficient (Wildman–Crippen LogP) is 4.01. The lowest BCUT2D eigenvalue weighted by Crippen LogP contribution is -2.13. The first kappa shape index (κ1) is 22.5. The molecule has 4 rings (SSSR count). The molecule has 33 heavy (non-hydrogen) atoms. The topological polar surface area (TPSA) is 111 Å². The van der Waals surface area contributed by atoms with Crippen molar-refractivity contribution in [3.8, 4) is 22.3 Å². The average molecular weight is 472 g/mol. The van der Waals surface area contributed by atoms with E-state index >= 15 is 0 Å². The number of carbonyl (C=O) groups excluding carboxylic acids is 1. The molecule has 0 fully saturated rings. The fraction of sp³-hybridized carbons (Fsp3) is 0.273. The average Bonchev–Trinajstić information content (AvgIpc) is 3.32. The molecule has 0 bridgehead atoms. The molecule has 172 valence electrons. The van der Waals surface area contributed by atoms with Crippen molar-refractivity contribution < 1.29 is 23.8 Å². The van der Waals surface area contributed by atoms with E-state index in [9.17, 15) is 14.3 Å². The zero-order chi connectivity index (χ0) is 23.5. The largest absolute Gasteiger partial charge is 0.494 e. The van der Waals surface area contributed by atoms with E-state index in [0.717, 1.165) is 22.4 Å². The van der Waals surface area contributed by atoms with Crippen LogP contribution in [-0.2, 0) is 11.3 Å². The standard InChI is InChI=1S/C22H22FN5O4S/c1-4-32-22(30)19-20(29)27-21(33-19)15-10-16(26-11-25-15)24-8-9-28-12(2)18(31-3)13-6-5-7-14(23)17(13)28/h5-7,10-11,29H,4,8-9H2,1-3H3,(H,24,25,26). The molecule has 0 atom stereocenters. The van der Waals surface area contributed by atoms with E-state index in [2.05, 4.69) is 20.3 Å². The summed E-state index contributed by atoms with van der Waals surface area (Å²) in [6, 6.07) is 6.58. The van der Waals surface area contributed by atoms with Crippen molar-refractivity contribution in [3.05, 3.63) is 47.0 Å². The Labute approximate surface area is 192 Å². The molecule has 2 N–H and O–H groups in total. The quantitative estimate of drug-likeness (QED) is 0.371. The highest BCUT2D eigenvalue weighted by Gasteiger charge is 2.21. The van der Waals surface area contributed by atoms with E-state index in [1.807, 2.05) is 17.6 Å². The normalized spacial score (nSPS) is 11.0. The first-order chi connectivity index (χ1) is 15.9. The Hall–Kier alpha value is -3.73. The van der Waals surface area contributed by atoms with Crippen LogP contribution in [0.2, 0.25) is 0 Å². The highest BCUT2D eigenvalue weighted by molar-refractivity contribution is 7.17. The van der Waals surface area contributed by atoms with E-state index in [4.69, 9.17) is 9.47 Å². The first-order valence-corrected chi connectivity index (χ1v) is 11.0. The lowest BCUT2D eigenvalue weighted by molar-refractivity contribution is 0.0528. The van der Waals surface area contributed by atoms with Crippen LogP contribution in [0.4, 0.5) is 10.2 Å². The van der Waals surface area contributed by atoms with Gasteiger partial charge >= 0.3 is 5.97 Å². The number of fused-ring (bicyclic) bond motifs is 1. The van der Waals surface area contributed by atoms with Crippen molar-refractivity contribution in [2.24, 2.45) is 0 Å². The Balaban J connectivity index is 1.52. The second-order valence-electron chi connectivity index (χ2n) is 7.01. The first-order valence-electron chi connectivity index (χ1n) is 10.2. The molecular formula is C22H22FN5O4S. The predicted molar refractivity (Wildman–Crippen MR) is 122 cm³/mol. The van der Waals surface area contributed by atoms with Gasteiger partial charge in [-0.05, 0) is 26.0 Å². The second-order valence-corrected chi connectivity index (χ2v) is 8.01. The number of thiazole rings is 1. The fourth-order valence-corrected chi connectivity index (χ4v) is 4.43. The molecule has 0 spiro atoms. The number of anilines is 1.